The van der Waals surface area contributed by atoms with Crippen LogP contribution in [0, 0.1) is 13.8 Å². The molecule has 0 saturated carbocycles. The Kier molecular flexibility index (Phi) is 4.83. The number of carbonyl (C=O) groups is 2. The van der Waals surface area contributed by atoms with Crippen molar-refractivity contribution in [3.05, 3.63) is 29.3 Å². The monoisotopic (exact) mass is 290 g/mol. The minimum absolute atomic E-state index is 0.229. The van der Waals surface area contributed by atoms with Crippen molar-refractivity contribution in [3.63, 3.8) is 0 Å². The van der Waals surface area contributed by atoms with E-state index in [9.17, 15) is 9.59 Å². The number of esters is 1. The van der Waals surface area contributed by atoms with Crippen molar-refractivity contribution in [3.8, 4) is 0 Å². The molecular weight excluding hydrogens is 268 g/mol. The zero-order chi connectivity index (χ0) is 15.4. The highest BCUT2D eigenvalue weighted by Crippen LogP contribution is 2.23. The fourth-order valence-electron chi connectivity index (χ4n) is 2.55. The zero-order valence-electron chi connectivity index (χ0n) is 12.9. The van der Waals surface area contributed by atoms with Gasteiger partial charge in [0.2, 0.25) is 0 Å². The van der Waals surface area contributed by atoms with Gasteiger partial charge in [0.1, 0.15) is 0 Å². The van der Waals surface area contributed by atoms with Crippen LogP contribution in [0.2, 0.25) is 0 Å². The third-order valence-corrected chi connectivity index (χ3v) is 3.93. The standard InChI is InChI=1S/C16H22N2O3/c1-4-21-16(20)15(19)18-10-8-17(9-11-18)14-7-5-6-12(2)13(14)3/h5-7H,4,8-11H2,1-3H3. The van der Waals surface area contributed by atoms with E-state index in [2.05, 4.69) is 30.9 Å². The van der Waals surface area contributed by atoms with Gasteiger partial charge in [0.15, 0.2) is 0 Å². The molecule has 0 radical (unpaired) electrons. The Labute approximate surface area is 125 Å². The molecule has 1 fully saturated rings. The third kappa shape index (κ3) is 3.35. The molecule has 0 atom stereocenters. The van der Waals surface area contributed by atoms with Crippen LogP contribution < -0.4 is 4.90 Å². The Hall–Kier alpha value is -2.04. The highest BCUT2D eigenvalue weighted by atomic mass is 16.5. The van der Waals surface area contributed by atoms with Gasteiger partial charge in [0.05, 0.1) is 6.61 Å². The molecule has 0 bridgehead atoms. The molecule has 114 valence electrons. The van der Waals surface area contributed by atoms with E-state index in [0.29, 0.717) is 13.1 Å². The van der Waals surface area contributed by atoms with Gasteiger partial charge in [-0.3, -0.25) is 4.79 Å². The van der Waals surface area contributed by atoms with E-state index in [4.69, 9.17) is 4.74 Å². The number of carbonyl (C=O) groups excluding carboxylic acids is 2. The molecule has 1 heterocycles. The number of amides is 1. The van der Waals surface area contributed by atoms with Crippen LogP contribution in [-0.2, 0) is 14.3 Å². The van der Waals surface area contributed by atoms with Crippen LogP contribution in [0.1, 0.15) is 18.1 Å². The van der Waals surface area contributed by atoms with Crippen LogP contribution in [-0.4, -0.2) is 49.6 Å². The van der Waals surface area contributed by atoms with E-state index in [1.54, 1.807) is 11.8 Å². The lowest BCUT2D eigenvalue weighted by atomic mass is 10.1. The van der Waals surface area contributed by atoms with Crippen LogP contribution in [0.5, 0.6) is 0 Å². The average molecular weight is 290 g/mol. The molecule has 5 heteroatoms. The minimum Gasteiger partial charge on any atom is -0.459 e. The van der Waals surface area contributed by atoms with E-state index >= 15 is 0 Å². The second-order valence-electron chi connectivity index (χ2n) is 5.22. The lowest BCUT2D eigenvalue weighted by Gasteiger charge is -2.36. The zero-order valence-corrected chi connectivity index (χ0v) is 12.9. The highest BCUT2D eigenvalue weighted by molar-refractivity contribution is 6.32. The van der Waals surface area contributed by atoms with Crippen LogP contribution >= 0.6 is 0 Å². The van der Waals surface area contributed by atoms with Crippen LogP contribution in [0.3, 0.4) is 0 Å². The normalized spacial score (nSPS) is 15.0. The molecule has 1 saturated heterocycles. The van der Waals surface area contributed by atoms with Crippen molar-refractivity contribution < 1.29 is 14.3 Å². The van der Waals surface area contributed by atoms with Gasteiger partial charge in [0, 0.05) is 31.9 Å². The number of aryl methyl sites for hydroxylation is 1. The minimum atomic E-state index is -0.752. The molecule has 0 spiro atoms. The van der Waals surface area contributed by atoms with E-state index < -0.39 is 11.9 Å². The summed E-state index contributed by atoms with van der Waals surface area (Å²) in [7, 11) is 0. The van der Waals surface area contributed by atoms with Gasteiger partial charge < -0.3 is 14.5 Å². The lowest BCUT2D eigenvalue weighted by molar-refractivity contribution is -0.160. The summed E-state index contributed by atoms with van der Waals surface area (Å²) in [6.45, 7) is 8.69. The predicted molar refractivity (Wildman–Crippen MR) is 81.3 cm³/mol. The topological polar surface area (TPSA) is 49.9 Å². The molecule has 21 heavy (non-hydrogen) atoms. The Balaban J connectivity index is 1.99. The molecule has 0 unspecified atom stereocenters. The summed E-state index contributed by atoms with van der Waals surface area (Å²) in [6.07, 6.45) is 0. The Bertz CT molecular complexity index is 534. The van der Waals surface area contributed by atoms with Crippen molar-refractivity contribution >= 4 is 17.6 Å². The first-order chi connectivity index (χ1) is 10.0. The van der Waals surface area contributed by atoms with E-state index in [0.717, 1.165) is 13.1 Å². The van der Waals surface area contributed by atoms with Gasteiger partial charge in [-0.25, -0.2) is 4.79 Å². The molecule has 5 nitrogen and oxygen atoms in total. The second kappa shape index (κ2) is 6.61. The number of hydrogen-bond donors (Lipinski definition) is 0. The molecule has 2 rings (SSSR count). The molecule has 1 aromatic rings. The third-order valence-electron chi connectivity index (χ3n) is 3.93. The van der Waals surface area contributed by atoms with Gasteiger partial charge >= 0.3 is 11.9 Å². The summed E-state index contributed by atoms with van der Waals surface area (Å²) in [6, 6.07) is 6.25. The summed E-state index contributed by atoms with van der Waals surface area (Å²) in [5.74, 6) is -1.28. The maximum absolute atomic E-state index is 11.9. The van der Waals surface area contributed by atoms with Crippen LogP contribution in [0.25, 0.3) is 0 Å². The van der Waals surface area contributed by atoms with Crippen molar-refractivity contribution in [2.75, 3.05) is 37.7 Å². The number of rotatable bonds is 2. The Morgan fingerprint density at radius 1 is 1.14 bits per heavy atom. The van der Waals surface area contributed by atoms with E-state index in [-0.39, 0.29) is 6.61 Å². The first kappa shape index (κ1) is 15.4. The number of piperazine rings is 1. The summed E-state index contributed by atoms with van der Waals surface area (Å²) >= 11 is 0. The molecule has 1 amide bonds. The van der Waals surface area contributed by atoms with Gasteiger partial charge in [-0.05, 0) is 38.0 Å². The maximum Gasteiger partial charge on any atom is 0.397 e. The average Bonchev–Trinajstić information content (AvgIpc) is 2.50. The smallest absolute Gasteiger partial charge is 0.397 e. The number of benzene rings is 1. The number of nitrogens with zero attached hydrogens (tertiary/aromatic N) is 2. The molecule has 1 aliphatic heterocycles. The van der Waals surface area contributed by atoms with Gasteiger partial charge in [-0.1, -0.05) is 12.1 Å². The van der Waals surface area contributed by atoms with Crippen molar-refractivity contribution in [1.82, 2.24) is 4.90 Å². The SMILES string of the molecule is CCOC(=O)C(=O)N1CCN(c2cccc(C)c2C)CC1. The fourth-order valence-corrected chi connectivity index (χ4v) is 2.55. The Morgan fingerprint density at radius 2 is 1.81 bits per heavy atom. The van der Waals surface area contributed by atoms with Gasteiger partial charge in [-0.2, -0.15) is 0 Å². The Morgan fingerprint density at radius 3 is 2.43 bits per heavy atom. The second-order valence-corrected chi connectivity index (χ2v) is 5.22. The van der Waals surface area contributed by atoms with Gasteiger partial charge in [-0.15, -0.1) is 0 Å². The van der Waals surface area contributed by atoms with E-state index in [1.807, 2.05) is 6.07 Å². The molecule has 0 N–H and O–H groups in total. The molecule has 1 aliphatic rings. The molecule has 1 aromatic carbocycles. The van der Waals surface area contributed by atoms with Crippen molar-refractivity contribution in [1.29, 1.82) is 0 Å². The molecular formula is C16H22N2O3. The van der Waals surface area contributed by atoms with Crippen molar-refractivity contribution in [2.24, 2.45) is 0 Å². The van der Waals surface area contributed by atoms with Crippen LogP contribution in [0.4, 0.5) is 5.69 Å². The quantitative estimate of drug-likeness (QED) is 0.612. The summed E-state index contributed by atoms with van der Waals surface area (Å²) in [5, 5.41) is 0. The van der Waals surface area contributed by atoms with Crippen LogP contribution in [0.15, 0.2) is 18.2 Å². The maximum atomic E-state index is 11.9. The largest absolute Gasteiger partial charge is 0.459 e. The predicted octanol–water partition coefficient (Wildman–Crippen LogP) is 1.52. The first-order valence-electron chi connectivity index (χ1n) is 7.31. The summed E-state index contributed by atoms with van der Waals surface area (Å²) in [5.41, 5.74) is 3.73. The fraction of sp³-hybridized carbons (Fsp3) is 0.500. The summed E-state index contributed by atoms with van der Waals surface area (Å²) < 4.78 is 4.76. The lowest BCUT2D eigenvalue weighted by Crippen LogP contribution is -2.51. The first-order valence-corrected chi connectivity index (χ1v) is 7.31. The molecule has 0 aromatic heterocycles. The number of ether oxygens (including phenoxy) is 1. The van der Waals surface area contributed by atoms with E-state index in [1.165, 1.54) is 16.8 Å². The number of anilines is 1. The number of hydrogen-bond acceptors (Lipinski definition) is 4. The van der Waals surface area contributed by atoms with Gasteiger partial charge in [0.25, 0.3) is 0 Å². The van der Waals surface area contributed by atoms with Crippen molar-refractivity contribution in [2.45, 2.75) is 20.8 Å². The molecule has 0 aliphatic carbocycles. The summed E-state index contributed by atoms with van der Waals surface area (Å²) in [4.78, 5) is 27.2. The highest BCUT2D eigenvalue weighted by Gasteiger charge is 2.27.